The molecular formula is C15H19FN2O5S. The average molecular weight is 358 g/mol. The summed E-state index contributed by atoms with van der Waals surface area (Å²) < 4.78 is 39.1. The third kappa shape index (κ3) is 4.09. The Kier molecular flexibility index (Phi) is 5.55. The van der Waals surface area contributed by atoms with E-state index in [1.54, 1.807) is 0 Å². The quantitative estimate of drug-likeness (QED) is 0.811. The number of rotatable bonds is 5. The first-order valence-corrected chi connectivity index (χ1v) is 8.94. The molecule has 1 heterocycles. The molecule has 24 heavy (non-hydrogen) atoms. The molecule has 0 radical (unpaired) electrons. The molecule has 7 nitrogen and oxygen atoms in total. The van der Waals surface area contributed by atoms with Gasteiger partial charge in [0.25, 0.3) is 0 Å². The van der Waals surface area contributed by atoms with E-state index >= 15 is 0 Å². The second-order valence-electron chi connectivity index (χ2n) is 5.70. The van der Waals surface area contributed by atoms with Crippen LogP contribution in [0.2, 0.25) is 0 Å². The third-order valence-electron chi connectivity index (χ3n) is 4.01. The molecule has 9 heteroatoms. The Bertz CT molecular complexity index is 712. The minimum absolute atomic E-state index is 0.00583. The van der Waals surface area contributed by atoms with Crippen molar-refractivity contribution in [3.05, 3.63) is 30.1 Å². The van der Waals surface area contributed by atoms with Gasteiger partial charge in [0.05, 0.1) is 4.90 Å². The summed E-state index contributed by atoms with van der Waals surface area (Å²) in [5, 5.41) is 11.2. The van der Waals surface area contributed by atoms with Gasteiger partial charge in [0.15, 0.2) is 0 Å². The number of hydrogen-bond donors (Lipinski definition) is 2. The van der Waals surface area contributed by atoms with Crippen LogP contribution in [-0.4, -0.2) is 48.8 Å². The van der Waals surface area contributed by atoms with Crippen molar-refractivity contribution in [2.24, 2.45) is 5.92 Å². The zero-order valence-corrected chi connectivity index (χ0v) is 13.9. The Morgan fingerprint density at radius 1 is 1.25 bits per heavy atom. The van der Waals surface area contributed by atoms with E-state index in [0.29, 0.717) is 12.8 Å². The number of sulfonamides is 1. The number of aliphatic carboxylic acids is 1. The summed E-state index contributed by atoms with van der Waals surface area (Å²) in [5.41, 5.74) is 0. The van der Waals surface area contributed by atoms with E-state index in [4.69, 9.17) is 5.11 Å². The topological polar surface area (TPSA) is 104 Å². The smallest absolute Gasteiger partial charge is 0.325 e. The van der Waals surface area contributed by atoms with Gasteiger partial charge in [-0.3, -0.25) is 9.59 Å². The van der Waals surface area contributed by atoms with Gasteiger partial charge in [0.1, 0.15) is 11.9 Å². The SMILES string of the molecule is C[C@@H](NC(=O)C1CCN(S(=O)(=O)c2ccc(F)cc2)CC1)C(=O)O. The number of nitrogens with one attached hydrogen (secondary N) is 1. The maximum atomic E-state index is 12.9. The summed E-state index contributed by atoms with van der Waals surface area (Å²) in [6, 6.07) is 3.59. The van der Waals surface area contributed by atoms with Crippen LogP contribution in [0.4, 0.5) is 4.39 Å². The van der Waals surface area contributed by atoms with Gasteiger partial charge in [-0.2, -0.15) is 4.31 Å². The number of carbonyl (C=O) groups is 2. The number of amides is 1. The Balaban J connectivity index is 1.98. The highest BCUT2D eigenvalue weighted by molar-refractivity contribution is 7.89. The molecule has 0 spiro atoms. The first kappa shape index (κ1) is 18.3. The van der Waals surface area contributed by atoms with Crippen molar-refractivity contribution in [1.82, 2.24) is 9.62 Å². The lowest BCUT2D eigenvalue weighted by Gasteiger charge is -2.30. The van der Waals surface area contributed by atoms with Crippen LogP contribution < -0.4 is 5.32 Å². The van der Waals surface area contributed by atoms with Gasteiger partial charge in [-0.15, -0.1) is 0 Å². The largest absolute Gasteiger partial charge is 0.480 e. The third-order valence-corrected chi connectivity index (χ3v) is 5.92. The highest BCUT2D eigenvalue weighted by atomic mass is 32.2. The van der Waals surface area contributed by atoms with Crippen molar-refractivity contribution in [1.29, 1.82) is 0 Å². The highest BCUT2D eigenvalue weighted by Crippen LogP contribution is 2.24. The summed E-state index contributed by atoms with van der Waals surface area (Å²) in [5.74, 6) is -2.45. The minimum atomic E-state index is -3.72. The molecule has 2 rings (SSSR count). The van der Waals surface area contributed by atoms with Crippen LogP contribution in [0, 0.1) is 11.7 Å². The predicted octanol–water partition coefficient (Wildman–Crippen LogP) is 0.816. The molecule has 1 fully saturated rings. The average Bonchev–Trinajstić information content (AvgIpc) is 2.55. The first-order valence-electron chi connectivity index (χ1n) is 7.50. The molecule has 1 amide bonds. The van der Waals surface area contributed by atoms with Gasteiger partial charge in [0, 0.05) is 19.0 Å². The molecule has 1 aromatic rings. The van der Waals surface area contributed by atoms with Crippen LogP contribution in [0.3, 0.4) is 0 Å². The van der Waals surface area contributed by atoms with E-state index in [-0.39, 0.29) is 23.9 Å². The van der Waals surface area contributed by atoms with E-state index < -0.39 is 33.8 Å². The van der Waals surface area contributed by atoms with E-state index in [0.717, 1.165) is 12.1 Å². The van der Waals surface area contributed by atoms with Crippen molar-refractivity contribution in [3.8, 4) is 0 Å². The fourth-order valence-corrected chi connectivity index (χ4v) is 3.98. The molecule has 1 aliphatic heterocycles. The summed E-state index contributed by atoms with van der Waals surface area (Å²) in [7, 11) is -3.72. The lowest BCUT2D eigenvalue weighted by atomic mass is 9.97. The zero-order chi connectivity index (χ0) is 17.9. The minimum Gasteiger partial charge on any atom is -0.480 e. The summed E-state index contributed by atoms with van der Waals surface area (Å²) in [6.07, 6.45) is 0.608. The second-order valence-corrected chi connectivity index (χ2v) is 7.64. The van der Waals surface area contributed by atoms with Crippen LogP contribution in [-0.2, 0) is 19.6 Å². The number of carboxylic acids is 1. The number of nitrogens with zero attached hydrogens (tertiary/aromatic N) is 1. The lowest BCUT2D eigenvalue weighted by Crippen LogP contribution is -2.46. The van der Waals surface area contributed by atoms with Crippen molar-refractivity contribution in [2.75, 3.05) is 13.1 Å². The Labute approximate surface area is 139 Å². The number of carbonyl (C=O) groups excluding carboxylic acids is 1. The number of piperidine rings is 1. The van der Waals surface area contributed by atoms with Gasteiger partial charge >= 0.3 is 5.97 Å². The van der Waals surface area contributed by atoms with E-state index in [2.05, 4.69) is 5.32 Å². The molecule has 2 N–H and O–H groups in total. The van der Waals surface area contributed by atoms with Gasteiger partial charge in [-0.1, -0.05) is 0 Å². The molecule has 1 aliphatic rings. The second kappa shape index (κ2) is 7.27. The van der Waals surface area contributed by atoms with Crippen molar-refractivity contribution in [3.63, 3.8) is 0 Å². The molecule has 0 saturated carbocycles. The van der Waals surface area contributed by atoms with Gasteiger partial charge in [-0.25, -0.2) is 12.8 Å². The molecule has 0 aliphatic carbocycles. The fraction of sp³-hybridized carbons (Fsp3) is 0.467. The molecule has 1 atom stereocenters. The van der Waals surface area contributed by atoms with Gasteiger partial charge < -0.3 is 10.4 Å². The monoisotopic (exact) mass is 358 g/mol. The van der Waals surface area contributed by atoms with E-state index in [9.17, 15) is 22.4 Å². The summed E-state index contributed by atoms with van der Waals surface area (Å²) in [4.78, 5) is 22.8. The lowest BCUT2D eigenvalue weighted by molar-refractivity contribution is -0.142. The summed E-state index contributed by atoms with van der Waals surface area (Å²) >= 11 is 0. The first-order chi connectivity index (χ1) is 11.2. The highest BCUT2D eigenvalue weighted by Gasteiger charge is 2.32. The molecule has 0 aromatic heterocycles. The molecule has 0 unspecified atom stereocenters. The van der Waals surface area contributed by atoms with Crippen LogP contribution in [0.5, 0.6) is 0 Å². The van der Waals surface area contributed by atoms with Crippen LogP contribution in [0.15, 0.2) is 29.2 Å². The Hall–Kier alpha value is -2.00. The number of halogens is 1. The molecule has 132 valence electrons. The normalized spacial score (nSPS) is 18.1. The standard InChI is InChI=1S/C15H19FN2O5S/c1-10(15(20)21)17-14(19)11-6-8-18(9-7-11)24(22,23)13-4-2-12(16)3-5-13/h2-5,10-11H,6-9H2,1H3,(H,17,19)(H,20,21)/t10-/m1/s1. The number of hydrogen-bond acceptors (Lipinski definition) is 4. The molecule has 0 bridgehead atoms. The molecule has 1 saturated heterocycles. The van der Waals surface area contributed by atoms with E-state index in [1.165, 1.54) is 23.4 Å². The van der Waals surface area contributed by atoms with Crippen molar-refractivity contribution >= 4 is 21.9 Å². The van der Waals surface area contributed by atoms with E-state index in [1.807, 2.05) is 0 Å². The van der Waals surface area contributed by atoms with Crippen LogP contribution in [0.25, 0.3) is 0 Å². The summed E-state index contributed by atoms with van der Waals surface area (Å²) in [6.45, 7) is 1.67. The van der Waals surface area contributed by atoms with Crippen molar-refractivity contribution in [2.45, 2.75) is 30.7 Å². The predicted molar refractivity (Wildman–Crippen MR) is 83.1 cm³/mol. The van der Waals surface area contributed by atoms with Crippen molar-refractivity contribution < 1.29 is 27.5 Å². The van der Waals surface area contributed by atoms with Gasteiger partial charge in [-0.05, 0) is 44.0 Å². The molecular weight excluding hydrogens is 339 g/mol. The zero-order valence-electron chi connectivity index (χ0n) is 13.1. The maximum absolute atomic E-state index is 12.9. The van der Waals surface area contributed by atoms with Crippen LogP contribution in [0.1, 0.15) is 19.8 Å². The van der Waals surface area contributed by atoms with Crippen LogP contribution >= 0.6 is 0 Å². The molecule has 1 aromatic carbocycles. The Morgan fingerprint density at radius 2 is 1.79 bits per heavy atom. The number of benzene rings is 1. The number of carboxylic acid groups (broad SMARTS) is 1. The maximum Gasteiger partial charge on any atom is 0.325 e. The Morgan fingerprint density at radius 3 is 2.29 bits per heavy atom. The van der Waals surface area contributed by atoms with Gasteiger partial charge in [0.2, 0.25) is 15.9 Å². The fourth-order valence-electron chi connectivity index (χ4n) is 2.51.